The van der Waals surface area contributed by atoms with Gasteiger partial charge in [-0.05, 0) is 23.7 Å². The van der Waals surface area contributed by atoms with Gasteiger partial charge in [0.1, 0.15) is 11.0 Å². The summed E-state index contributed by atoms with van der Waals surface area (Å²) in [5.74, 6) is 0.891. The first kappa shape index (κ1) is 10.9. The molecule has 0 aliphatic carbocycles. The maximum Gasteiger partial charge on any atom is 0.174 e. The van der Waals surface area contributed by atoms with Crippen LogP contribution in [-0.4, -0.2) is 14.3 Å². The van der Waals surface area contributed by atoms with Crippen LogP contribution in [0.5, 0.6) is 0 Å². The van der Waals surface area contributed by atoms with Crippen molar-refractivity contribution in [2.75, 3.05) is 0 Å². The van der Waals surface area contributed by atoms with Crippen molar-refractivity contribution >= 4 is 34.9 Å². The molecule has 0 spiro atoms. The highest BCUT2D eigenvalue weighted by Crippen LogP contribution is 2.29. The quantitative estimate of drug-likeness (QED) is 0.791. The number of hydrogen-bond donors (Lipinski definition) is 0. The van der Waals surface area contributed by atoms with Gasteiger partial charge in [-0.25, -0.2) is 9.97 Å². The number of aromatic nitrogens is 3. The molecule has 15 heavy (non-hydrogen) atoms. The molecule has 0 saturated heterocycles. The third-order valence-electron chi connectivity index (χ3n) is 1.67. The van der Waals surface area contributed by atoms with Gasteiger partial charge in [0, 0.05) is 17.5 Å². The number of rotatable bonds is 3. The van der Waals surface area contributed by atoms with Gasteiger partial charge in [-0.3, -0.25) is 0 Å². The first-order valence-electron chi connectivity index (χ1n) is 4.40. The molecule has 0 N–H and O–H groups in total. The predicted molar refractivity (Wildman–Crippen MR) is 62.7 cm³/mol. The monoisotopic (exact) mass is 257 g/mol. The van der Waals surface area contributed by atoms with E-state index >= 15 is 0 Å². The Kier molecular flexibility index (Phi) is 3.56. The van der Waals surface area contributed by atoms with Crippen molar-refractivity contribution in [2.24, 2.45) is 0 Å². The van der Waals surface area contributed by atoms with Crippen molar-refractivity contribution in [3.05, 3.63) is 29.3 Å². The molecule has 0 radical (unpaired) electrons. The number of aryl methyl sites for hydroxylation is 1. The van der Waals surface area contributed by atoms with Gasteiger partial charge >= 0.3 is 0 Å². The Hall–Kier alpha value is -0.650. The van der Waals surface area contributed by atoms with Crippen molar-refractivity contribution in [1.29, 1.82) is 0 Å². The summed E-state index contributed by atoms with van der Waals surface area (Å²) >= 11 is 8.76. The fraction of sp³-hybridized carbons (Fsp3) is 0.222. The van der Waals surface area contributed by atoms with Gasteiger partial charge in [0.15, 0.2) is 4.34 Å². The fourth-order valence-corrected chi connectivity index (χ4v) is 2.91. The Morgan fingerprint density at radius 3 is 3.07 bits per heavy atom. The summed E-state index contributed by atoms with van der Waals surface area (Å²) in [6.45, 7) is 2.04. The number of hydrogen-bond acceptors (Lipinski definition) is 5. The average Bonchev–Trinajstić information content (AvgIpc) is 2.65. The van der Waals surface area contributed by atoms with Crippen molar-refractivity contribution < 1.29 is 0 Å². The molecule has 0 saturated carbocycles. The molecular weight excluding hydrogens is 250 g/mol. The van der Waals surface area contributed by atoms with E-state index in [0.29, 0.717) is 5.15 Å². The van der Waals surface area contributed by atoms with Gasteiger partial charge in [0.25, 0.3) is 0 Å². The summed E-state index contributed by atoms with van der Waals surface area (Å²) in [7, 11) is 0. The topological polar surface area (TPSA) is 38.7 Å². The molecule has 2 aromatic rings. The lowest BCUT2D eigenvalue weighted by molar-refractivity contribution is 0.971. The van der Waals surface area contributed by atoms with E-state index in [4.69, 9.17) is 11.6 Å². The maximum atomic E-state index is 5.79. The molecule has 0 unspecified atom stereocenters. The predicted octanol–water partition coefficient (Wildman–Crippen LogP) is 3.30. The number of halogens is 1. The van der Waals surface area contributed by atoms with E-state index < -0.39 is 0 Å². The molecule has 0 aliphatic heterocycles. The van der Waals surface area contributed by atoms with E-state index in [1.54, 1.807) is 18.0 Å². The van der Waals surface area contributed by atoms with Crippen molar-refractivity contribution in [3.63, 3.8) is 0 Å². The molecule has 78 valence electrons. The molecule has 0 aliphatic rings. The molecule has 0 amide bonds. The summed E-state index contributed by atoms with van der Waals surface area (Å²) in [6.07, 6.45) is 2.56. The Labute approximate surface area is 101 Å². The van der Waals surface area contributed by atoms with E-state index in [2.05, 4.69) is 14.3 Å². The summed E-state index contributed by atoms with van der Waals surface area (Å²) < 4.78 is 5.15. The first-order chi connectivity index (χ1) is 7.28. The van der Waals surface area contributed by atoms with E-state index in [9.17, 15) is 0 Å². The standard InChI is InChI=1S/C9H8ClN3S2/c1-2-8-12-9(15-13-8)14-6-3-4-11-7(10)5-6/h3-5H,2H2,1H3. The molecule has 6 heteroatoms. The van der Waals surface area contributed by atoms with Gasteiger partial charge < -0.3 is 0 Å². The lowest BCUT2D eigenvalue weighted by atomic mass is 10.5. The molecule has 0 aromatic carbocycles. The zero-order valence-corrected chi connectivity index (χ0v) is 10.4. The van der Waals surface area contributed by atoms with Crippen LogP contribution in [0.3, 0.4) is 0 Å². The van der Waals surface area contributed by atoms with Crippen molar-refractivity contribution in [1.82, 2.24) is 14.3 Å². The van der Waals surface area contributed by atoms with Crippen molar-refractivity contribution in [2.45, 2.75) is 22.6 Å². The normalized spacial score (nSPS) is 10.5. The third-order valence-corrected chi connectivity index (χ3v) is 3.65. The summed E-state index contributed by atoms with van der Waals surface area (Å²) in [5.41, 5.74) is 0. The van der Waals surface area contributed by atoms with Gasteiger partial charge in [0.2, 0.25) is 0 Å². The molecule has 2 heterocycles. The fourth-order valence-electron chi connectivity index (χ4n) is 0.972. The van der Waals surface area contributed by atoms with Crippen LogP contribution in [0.25, 0.3) is 0 Å². The van der Waals surface area contributed by atoms with Crippen LogP contribution >= 0.6 is 34.9 Å². The van der Waals surface area contributed by atoms with Crippen LogP contribution in [0, 0.1) is 0 Å². The molecule has 0 bridgehead atoms. The Bertz CT molecular complexity index is 458. The molecule has 3 nitrogen and oxygen atoms in total. The Balaban J connectivity index is 2.14. The third kappa shape index (κ3) is 2.90. The second-order valence-electron chi connectivity index (χ2n) is 2.75. The molecule has 2 aromatic heterocycles. The van der Waals surface area contributed by atoms with Crippen LogP contribution in [0.15, 0.2) is 27.6 Å². The zero-order chi connectivity index (χ0) is 10.7. The van der Waals surface area contributed by atoms with Gasteiger partial charge in [-0.15, -0.1) is 0 Å². The Morgan fingerprint density at radius 1 is 1.53 bits per heavy atom. The largest absolute Gasteiger partial charge is 0.244 e. The second kappa shape index (κ2) is 4.92. The van der Waals surface area contributed by atoms with Crippen LogP contribution in [0.1, 0.15) is 12.7 Å². The maximum absolute atomic E-state index is 5.79. The lowest BCUT2D eigenvalue weighted by Crippen LogP contribution is -1.81. The van der Waals surface area contributed by atoms with Crippen LogP contribution in [-0.2, 0) is 6.42 Å². The second-order valence-corrected chi connectivity index (χ2v) is 5.21. The van der Waals surface area contributed by atoms with Crippen LogP contribution < -0.4 is 0 Å². The van der Waals surface area contributed by atoms with E-state index in [-0.39, 0.29) is 0 Å². The first-order valence-corrected chi connectivity index (χ1v) is 6.36. The van der Waals surface area contributed by atoms with Gasteiger partial charge in [-0.1, -0.05) is 30.3 Å². The average molecular weight is 258 g/mol. The highest BCUT2D eigenvalue weighted by molar-refractivity contribution is 8.01. The lowest BCUT2D eigenvalue weighted by Gasteiger charge is -1.96. The highest BCUT2D eigenvalue weighted by Gasteiger charge is 2.04. The molecule has 0 atom stereocenters. The number of nitrogens with zero attached hydrogens (tertiary/aromatic N) is 3. The molecule has 2 rings (SSSR count). The minimum absolute atomic E-state index is 0.500. The smallest absolute Gasteiger partial charge is 0.174 e. The van der Waals surface area contributed by atoms with Gasteiger partial charge in [0.05, 0.1) is 0 Å². The van der Waals surface area contributed by atoms with E-state index in [0.717, 1.165) is 21.5 Å². The highest BCUT2D eigenvalue weighted by atomic mass is 35.5. The molecular formula is C9H8ClN3S2. The Morgan fingerprint density at radius 2 is 2.40 bits per heavy atom. The van der Waals surface area contributed by atoms with Crippen LogP contribution in [0.2, 0.25) is 5.15 Å². The molecule has 0 fully saturated rings. The summed E-state index contributed by atoms with van der Waals surface area (Å²) in [5, 5.41) is 0.500. The van der Waals surface area contributed by atoms with E-state index in [1.807, 2.05) is 19.1 Å². The zero-order valence-electron chi connectivity index (χ0n) is 7.98. The SMILES string of the molecule is CCc1nsc(Sc2ccnc(Cl)c2)n1. The van der Waals surface area contributed by atoms with E-state index in [1.165, 1.54) is 11.5 Å². The van der Waals surface area contributed by atoms with Crippen molar-refractivity contribution in [3.8, 4) is 0 Å². The van der Waals surface area contributed by atoms with Crippen LogP contribution in [0.4, 0.5) is 0 Å². The van der Waals surface area contributed by atoms with Gasteiger partial charge in [-0.2, -0.15) is 4.37 Å². The summed E-state index contributed by atoms with van der Waals surface area (Å²) in [6, 6.07) is 3.73. The minimum atomic E-state index is 0.500. The number of pyridine rings is 1. The summed E-state index contributed by atoms with van der Waals surface area (Å²) in [4.78, 5) is 9.32. The minimum Gasteiger partial charge on any atom is -0.244 e.